The topological polar surface area (TPSA) is 61.9 Å². The van der Waals surface area contributed by atoms with Crippen LogP contribution in [0.1, 0.15) is 29.8 Å². The number of halogens is 1. The molecule has 8 heteroatoms. The number of benzene rings is 1. The fraction of sp³-hybridized carbons (Fsp3) is 0.391. The summed E-state index contributed by atoms with van der Waals surface area (Å²) < 4.78 is 19.4. The Morgan fingerprint density at radius 2 is 2.26 bits per heavy atom. The molecule has 1 aliphatic heterocycles. The van der Waals surface area contributed by atoms with Gasteiger partial charge in [0, 0.05) is 30.6 Å². The third-order valence-electron chi connectivity index (χ3n) is 5.11. The lowest BCUT2D eigenvalue weighted by molar-refractivity contribution is -0.135. The molecule has 1 aromatic carbocycles. The number of thiophene rings is 1. The maximum absolute atomic E-state index is 13.5. The maximum atomic E-state index is 13.5. The summed E-state index contributed by atoms with van der Waals surface area (Å²) in [6.45, 7) is 7.21. The molecule has 1 atom stereocenters. The molecule has 2 aromatic rings. The number of hydrogen-bond donors (Lipinski definition) is 1. The predicted octanol–water partition coefficient (Wildman–Crippen LogP) is 4.00. The lowest BCUT2D eigenvalue weighted by atomic mass is 10.0. The highest BCUT2D eigenvalue weighted by Crippen LogP contribution is 2.34. The van der Waals surface area contributed by atoms with Gasteiger partial charge in [-0.1, -0.05) is 19.1 Å². The first kappa shape index (κ1) is 22.8. The lowest BCUT2D eigenvalue weighted by Crippen LogP contribution is -2.50. The third kappa shape index (κ3) is 5.85. The van der Waals surface area contributed by atoms with Crippen molar-refractivity contribution in [2.24, 2.45) is 0 Å². The molecule has 3 rings (SSSR count). The average molecular weight is 446 g/mol. The van der Waals surface area contributed by atoms with Gasteiger partial charge in [0.05, 0.1) is 6.04 Å². The molecule has 1 aromatic heterocycles. The van der Waals surface area contributed by atoms with Crippen LogP contribution in [0.3, 0.4) is 0 Å². The summed E-state index contributed by atoms with van der Waals surface area (Å²) in [7, 11) is 0. The standard InChI is InChI=1S/C23H28FN3O3S/c1-3-10-25-23(29)26(11-4-2)15-22(28)27-12-8-21-19(9-13-31-21)20(27)16-30-18-7-5-6-17(24)14-18/h4-7,9,13-14,20H,2-3,8,10-12,15-16H2,1H3,(H,25,29)/t20-/m1/s1. The van der Waals surface area contributed by atoms with Crippen molar-refractivity contribution in [1.29, 1.82) is 0 Å². The fourth-order valence-corrected chi connectivity index (χ4v) is 4.51. The first-order valence-electron chi connectivity index (χ1n) is 10.4. The highest BCUT2D eigenvalue weighted by molar-refractivity contribution is 7.10. The van der Waals surface area contributed by atoms with Crippen LogP contribution in [-0.4, -0.2) is 54.5 Å². The van der Waals surface area contributed by atoms with Crippen molar-refractivity contribution in [2.45, 2.75) is 25.8 Å². The van der Waals surface area contributed by atoms with E-state index < -0.39 is 0 Å². The number of ether oxygens (including phenoxy) is 1. The van der Waals surface area contributed by atoms with Crippen LogP contribution in [0.4, 0.5) is 9.18 Å². The molecule has 166 valence electrons. The van der Waals surface area contributed by atoms with Crippen LogP contribution < -0.4 is 10.1 Å². The maximum Gasteiger partial charge on any atom is 0.318 e. The Labute approximate surface area is 186 Å². The second kappa shape index (κ2) is 10.9. The van der Waals surface area contributed by atoms with E-state index in [4.69, 9.17) is 4.74 Å². The molecule has 0 radical (unpaired) electrons. The molecule has 0 unspecified atom stereocenters. The van der Waals surface area contributed by atoms with Crippen LogP contribution in [0.25, 0.3) is 0 Å². The van der Waals surface area contributed by atoms with Crippen LogP contribution in [0, 0.1) is 5.82 Å². The Balaban J connectivity index is 1.74. The van der Waals surface area contributed by atoms with Crippen molar-refractivity contribution in [3.63, 3.8) is 0 Å². The van der Waals surface area contributed by atoms with E-state index in [0.717, 1.165) is 18.4 Å². The Morgan fingerprint density at radius 1 is 1.42 bits per heavy atom. The minimum atomic E-state index is -0.372. The Hall–Kier alpha value is -2.87. The first-order valence-corrected chi connectivity index (χ1v) is 11.3. The zero-order valence-corrected chi connectivity index (χ0v) is 18.5. The van der Waals surface area contributed by atoms with Crippen molar-refractivity contribution in [1.82, 2.24) is 15.1 Å². The molecular weight excluding hydrogens is 417 g/mol. The normalized spacial score (nSPS) is 15.2. The van der Waals surface area contributed by atoms with Crippen LogP contribution in [0.5, 0.6) is 5.75 Å². The third-order valence-corrected chi connectivity index (χ3v) is 6.10. The van der Waals surface area contributed by atoms with Gasteiger partial charge in [0.2, 0.25) is 5.91 Å². The van der Waals surface area contributed by atoms with E-state index in [0.29, 0.717) is 18.8 Å². The Morgan fingerprint density at radius 3 is 3.00 bits per heavy atom. The largest absolute Gasteiger partial charge is 0.491 e. The molecular formula is C23H28FN3O3S. The van der Waals surface area contributed by atoms with E-state index in [1.165, 1.54) is 21.9 Å². The number of nitrogens with zero attached hydrogens (tertiary/aromatic N) is 2. The molecule has 1 N–H and O–H groups in total. The Bertz CT molecular complexity index is 917. The average Bonchev–Trinajstić information content (AvgIpc) is 3.24. The fourth-order valence-electron chi connectivity index (χ4n) is 3.58. The van der Waals surface area contributed by atoms with Crippen LogP contribution in [0.2, 0.25) is 0 Å². The van der Waals surface area contributed by atoms with E-state index >= 15 is 0 Å². The van der Waals surface area contributed by atoms with Gasteiger partial charge in [-0.15, -0.1) is 17.9 Å². The van der Waals surface area contributed by atoms with Crippen LogP contribution in [0.15, 0.2) is 48.4 Å². The summed E-state index contributed by atoms with van der Waals surface area (Å²) in [5.74, 6) is -0.108. The van der Waals surface area contributed by atoms with Gasteiger partial charge >= 0.3 is 6.03 Å². The minimum Gasteiger partial charge on any atom is -0.491 e. The number of fused-ring (bicyclic) bond motifs is 1. The number of carbonyl (C=O) groups excluding carboxylic acids is 2. The van der Waals surface area contributed by atoms with E-state index in [1.54, 1.807) is 34.4 Å². The number of carbonyl (C=O) groups is 2. The highest BCUT2D eigenvalue weighted by Gasteiger charge is 2.33. The van der Waals surface area contributed by atoms with Gasteiger partial charge in [0.15, 0.2) is 0 Å². The molecule has 0 saturated carbocycles. The van der Waals surface area contributed by atoms with Gasteiger partial charge in [-0.2, -0.15) is 0 Å². The van der Waals surface area contributed by atoms with Crippen molar-refractivity contribution in [2.75, 3.05) is 32.8 Å². The number of rotatable bonds is 9. The molecule has 31 heavy (non-hydrogen) atoms. The predicted molar refractivity (Wildman–Crippen MR) is 120 cm³/mol. The smallest absolute Gasteiger partial charge is 0.318 e. The monoisotopic (exact) mass is 445 g/mol. The molecule has 6 nitrogen and oxygen atoms in total. The summed E-state index contributed by atoms with van der Waals surface area (Å²) in [4.78, 5) is 30.1. The van der Waals surface area contributed by atoms with Gasteiger partial charge < -0.3 is 19.9 Å². The molecule has 0 spiro atoms. The lowest BCUT2D eigenvalue weighted by Gasteiger charge is -2.37. The molecule has 1 aliphatic rings. The summed E-state index contributed by atoms with van der Waals surface area (Å²) in [5.41, 5.74) is 1.05. The van der Waals surface area contributed by atoms with E-state index in [9.17, 15) is 14.0 Å². The van der Waals surface area contributed by atoms with Gasteiger partial charge in [0.25, 0.3) is 0 Å². The quantitative estimate of drug-likeness (QED) is 0.594. The van der Waals surface area contributed by atoms with E-state index in [-0.39, 0.29) is 43.5 Å². The molecule has 0 fully saturated rings. The van der Waals surface area contributed by atoms with Gasteiger partial charge in [-0.05, 0) is 42.0 Å². The second-order valence-electron chi connectivity index (χ2n) is 7.32. The zero-order chi connectivity index (χ0) is 22.2. The molecule has 0 saturated heterocycles. The highest BCUT2D eigenvalue weighted by atomic mass is 32.1. The minimum absolute atomic E-state index is 0.0441. The Kier molecular flexibility index (Phi) is 8.06. The van der Waals surface area contributed by atoms with Crippen molar-refractivity contribution in [3.05, 3.63) is 64.6 Å². The molecule has 3 amide bonds. The van der Waals surface area contributed by atoms with E-state index in [1.807, 2.05) is 18.4 Å². The zero-order valence-electron chi connectivity index (χ0n) is 17.7. The van der Waals surface area contributed by atoms with Gasteiger partial charge in [0.1, 0.15) is 24.7 Å². The van der Waals surface area contributed by atoms with Crippen molar-refractivity contribution in [3.8, 4) is 5.75 Å². The van der Waals surface area contributed by atoms with Crippen molar-refractivity contribution < 1.29 is 18.7 Å². The molecule has 0 bridgehead atoms. The number of hydrogen-bond acceptors (Lipinski definition) is 4. The van der Waals surface area contributed by atoms with Crippen LogP contribution >= 0.6 is 11.3 Å². The van der Waals surface area contributed by atoms with Crippen LogP contribution in [-0.2, 0) is 11.2 Å². The second-order valence-corrected chi connectivity index (χ2v) is 8.32. The summed E-state index contributed by atoms with van der Waals surface area (Å²) in [6.07, 6.45) is 3.18. The van der Waals surface area contributed by atoms with Crippen molar-refractivity contribution >= 4 is 23.3 Å². The van der Waals surface area contributed by atoms with Gasteiger partial charge in [-0.25, -0.2) is 9.18 Å². The SMILES string of the molecule is C=CCN(CC(=O)N1CCc2sccc2[C@H]1COc1cccc(F)c1)C(=O)NCCC. The number of urea groups is 1. The van der Waals surface area contributed by atoms with E-state index in [2.05, 4.69) is 11.9 Å². The summed E-state index contributed by atoms with van der Waals surface area (Å²) in [5, 5.41) is 4.82. The summed E-state index contributed by atoms with van der Waals surface area (Å²) in [6, 6.07) is 7.40. The number of amides is 3. The first-order chi connectivity index (χ1) is 15.0. The molecule has 2 heterocycles. The molecule has 0 aliphatic carbocycles. The van der Waals surface area contributed by atoms with Gasteiger partial charge in [-0.3, -0.25) is 4.79 Å². The summed E-state index contributed by atoms with van der Waals surface area (Å²) >= 11 is 1.66. The number of nitrogens with one attached hydrogen (secondary N) is 1.